The fourth-order valence-corrected chi connectivity index (χ4v) is 5.20. The molecule has 2 aromatic rings. The number of nitrogens with two attached hydrogens (primary N) is 1. The molecule has 1 fully saturated rings. The molecule has 0 radical (unpaired) electrons. The van der Waals surface area contributed by atoms with Gasteiger partial charge in [-0.3, -0.25) is 19.9 Å². The van der Waals surface area contributed by atoms with Crippen LogP contribution in [0, 0.1) is 11.3 Å². The van der Waals surface area contributed by atoms with Crippen molar-refractivity contribution < 1.29 is 23.9 Å². The highest BCUT2D eigenvalue weighted by molar-refractivity contribution is 6.08. The molecule has 3 atom stereocenters. The number of carbonyl (C=O) groups excluding carboxylic acids is 3. The first-order chi connectivity index (χ1) is 19.0. The Kier molecular flexibility index (Phi) is 10.3. The Morgan fingerprint density at radius 2 is 1.73 bits per heavy atom. The number of nitrogens with zero attached hydrogens (tertiary/aromatic N) is 2. The molecule has 216 valence electrons. The summed E-state index contributed by atoms with van der Waals surface area (Å²) in [5.74, 6) is 0.239. The van der Waals surface area contributed by atoms with Gasteiger partial charge < -0.3 is 20.5 Å². The maximum atomic E-state index is 13.7. The molecule has 3 amide bonds. The number of methoxy groups -OCH3 is 2. The van der Waals surface area contributed by atoms with Crippen LogP contribution >= 0.6 is 0 Å². The van der Waals surface area contributed by atoms with Crippen LogP contribution in [0.15, 0.2) is 54.6 Å². The van der Waals surface area contributed by atoms with Gasteiger partial charge in [-0.2, -0.15) is 0 Å². The summed E-state index contributed by atoms with van der Waals surface area (Å²) >= 11 is 0. The summed E-state index contributed by atoms with van der Waals surface area (Å²) < 4.78 is 10.1. The molecule has 10 heteroatoms. The molecule has 4 N–H and O–H groups in total. The van der Waals surface area contributed by atoms with Gasteiger partial charge in [0.25, 0.3) is 5.91 Å². The first-order valence-corrected chi connectivity index (χ1v) is 13.6. The molecule has 0 bridgehead atoms. The summed E-state index contributed by atoms with van der Waals surface area (Å²) in [6.07, 6.45) is 0.857. The minimum atomic E-state index is -1.000. The summed E-state index contributed by atoms with van der Waals surface area (Å²) in [5, 5.41) is 11.7. The fraction of sp³-hybridized carbons (Fsp3) is 0.467. The van der Waals surface area contributed by atoms with Crippen LogP contribution in [0.2, 0.25) is 0 Å². The van der Waals surface area contributed by atoms with Crippen molar-refractivity contribution in [3.05, 3.63) is 65.7 Å². The Balaban J connectivity index is 1.67. The molecule has 0 aromatic heterocycles. The molecule has 3 rings (SSSR count). The number of imide groups is 1. The van der Waals surface area contributed by atoms with Gasteiger partial charge in [-0.25, -0.2) is 9.69 Å². The second-order valence-corrected chi connectivity index (χ2v) is 10.6. The van der Waals surface area contributed by atoms with Crippen LogP contribution in [0.1, 0.15) is 51.2 Å². The van der Waals surface area contributed by atoms with Crippen LogP contribution < -0.4 is 15.8 Å². The lowest BCUT2D eigenvalue weighted by atomic mass is 9.82. The topological polar surface area (TPSA) is 138 Å². The number of nitrogens with one attached hydrogen (secondary N) is 2. The Morgan fingerprint density at radius 3 is 2.30 bits per heavy atom. The quantitative estimate of drug-likeness (QED) is 0.366. The number of carbonyl (C=O) groups is 3. The number of amides is 3. The fourth-order valence-electron chi connectivity index (χ4n) is 5.20. The molecule has 10 nitrogen and oxygen atoms in total. The van der Waals surface area contributed by atoms with Gasteiger partial charge in [-0.05, 0) is 61.8 Å². The molecule has 2 aromatic carbocycles. The molecule has 1 aliphatic heterocycles. The third-order valence-corrected chi connectivity index (χ3v) is 7.18. The minimum absolute atomic E-state index is 0.0459. The summed E-state index contributed by atoms with van der Waals surface area (Å²) in [4.78, 5) is 42.1. The maximum Gasteiger partial charge on any atom is 0.416 e. The summed E-state index contributed by atoms with van der Waals surface area (Å²) in [6, 6.07) is 15.2. The van der Waals surface area contributed by atoms with E-state index in [0.29, 0.717) is 25.0 Å². The molecule has 1 heterocycles. The van der Waals surface area contributed by atoms with Gasteiger partial charge >= 0.3 is 6.09 Å². The molecule has 0 unspecified atom stereocenters. The summed E-state index contributed by atoms with van der Waals surface area (Å²) in [5.41, 5.74) is 6.88. The van der Waals surface area contributed by atoms with Crippen LogP contribution in [0.4, 0.5) is 4.79 Å². The average Bonchev–Trinajstić information content (AvgIpc) is 3.18. The highest BCUT2D eigenvalue weighted by Crippen LogP contribution is 2.35. The lowest BCUT2D eigenvalue weighted by Gasteiger charge is -2.30. The van der Waals surface area contributed by atoms with E-state index >= 15 is 0 Å². The average molecular weight is 552 g/mol. The van der Waals surface area contributed by atoms with Gasteiger partial charge in [-0.1, -0.05) is 56.3 Å². The standard InChI is InChI=1S/C30H41N5O5/c1-20(2)19-30(23-11-7-6-8-12-23)27(37)34(28(32)33-30)17-9-10-21(3)35(29(38)40-5)26(36)25(31)18-22-13-15-24(39-4)16-14-22/h6-8,11-16,20-21,25H,9-10,17-19,31H2,1-5H3,(H2,32,33)/t21-,25-,30+/m0/s1. The lowest BCUT2D eigenvalue weighted by Crippen LogP contribution is -2.51. The number of guanidine groups is 1. The van der Waals surface area contributed by atoms with E-state index in [-0.39, 0.29) is 30.8 Å². The number of benzene rings is 2. The molecular formula is C30H41N5O5. The molecule has 0 saturated carbocycles. The molecule has 1 saturated heterocycles. The van der Waals surface area contributed by atoms with E-state index in [1.165, 1.54) is 12.0 Å². The van der Waals surface area contributed by atoms with Crippen LogP contribution in [-0.4, -0.2) is 66.5 Å². The van der Waals surface area contributed by atoms with E-state index in [9.17, 15) is 14.4 Å². The zero-order valence-electron chi connectivity index (χ0n) is 24.0. The van der Waals surface area contributed by atoms with Crippen LogP contribution in [0.3, 0.4) is 0 Å². The van der Waals surface area contributed by atoms with Gasteiger partial charge in [0, 0.05) is 12.6 Å². The Bertz CT molecular complexity index is 1190. The number of ether oxygens (including phenoxy) is 2. The Labute approximate surface area is 236 Å². The zero-order valence-corrected chi connectivity index (χ0v) is 24.0. The minimum Gasteiger partial charge on any atom is -0.497 e. The van der Waals surface area contributed by atoms with Crippen molar-refractivity contribution in [2.75, 3.05) is 20.8 Å². The zero-order chi connectivity index (χ0) is 29.4. The van der Waals surface area contributed by atoms with E-state index < -0.39 is 29.6 Å². The highest BCUT2D eigenvalue weighted by atomic mass is 16.5. The maximum absolute atomic E-state index is 13.7. The first kappa shape index (κ1) is 30.6. The lowest BCUT2D eigenvalue weighted by molar-refractivity contribution is -0.133. The van der Waals surface area contributed by atoms with E-state index in [1.807, 2.05) is 56.3 Å². The predicted octanol–water partition coefficient (Wildman–Crippen LogP) is 3.64. The van der Waals surface area contributed by atoms with Crippen molar-refractivity contribution in [1.29, 1.82) is 5.41 Å². The van der Waals surface area contributed by atoms with E-state index in [4.69, 9.17) is 20.6 Å². The van der Waals surface area contributed by atoms with Gasteiger partial charge in [0.05, 0.1) is 20.3 Å². The Hall–Kier alpha value is -3.92. The second-order valence-electron chi connectivity index (χ2n) is 10.6. The third kappa shape index (κ3) is 6.80. The van der Waals surface area contributed by atoms with Crippen molar-refractivity contribution in [2.24, 2.45) is 11.7 Å². The van der Waals surface area contributed by atoms with E-state index in [2.05, 4.69) is 5.32 Å². The molecular weight excluding hydrogens is 510 g/mol. The van der Waals surface area contributed by atoms with Crippen molar-refractivity contribution >= 4 is 23.9 Å². The van der Waals surface area contributed by atoms with Crippen molar-refractivity contribution in [3.8, 4) is 5.75 Å². The number of hydrogen-bond donors (Lipinski definition) is 3. The van der Waals surface area contributed by atoms with Gasteiger partial charge in [0.1, 0.15) is 11.3 Å². The predicted molar refractivity (Wildman–Crippen MR) is 153 cm³/mol. The highest BCUT2D eigenvalue weighted by Gasteiger charge is 2.50. The monoisotopic (exact) mass is 551 g/mol. The van der Waals surface area contributed by atoms with Crippen molar-refractivity contribution in [2.45, 2.75) is 64.1 Å². The SMILES string of the molecule is COC(=O)N(C(=O)[C@@H](N)Cc1ccc(OC)cc1)[C@@H](C)CCCN1C(=N)N[C@](CC(C)C)(c2ccccc2)C1=O. The smallest absolute Gasteiger partial charge is 0.416 e. The molecule has 0 aliphatic carbocycles. The molecule has 0 spiro atoms. The molecule has 1 aliphatic rings. The van der Waals surface area contributed by atoms with Crippen LogP contribution in [0.5, 0.6) is 5.75 Å². The van der Waals surface area contributed by atoms with Gasteiger partial charge in [-0.15, -0.1) is 0 Å². The third-order valence-electron chi connectivity index (χ3n) is 7.18. The van der Waals surface area contributed by atoms with Crippen molar-refractivity contribution in [3.63, 3.8) is 0 Å². The first-order valence-electron chi connectivity index (χ1n) is 13.6. The van der Waals surface area contributed by atoms with Crippen LogP contribution in [-0.2, 0) is 26.3 Å². The van der Waals surface area contributed by atoms with Gasteiger partial charge in [0.2, 0.25) is 5.91 Å². The Morgan fingerprint density at radius 1 is 1.07 bits per heavy atom. The normalized spacial score (nSPS) is 18.3. The van der Waals surface area contributed by atoms with E-state index in [1.54, 1.807) is 26.2 Å². The summed E-state index contributed by atoms with van der Waals surface area (Å²) in [6.45, 7) is 6.11. The van der Waals surface area contributed by atoms with E-state index in [0.717, 1.165) is 16.0 Å². The second kappa shape index (κ2) is 13.4. The largest absolute Gasteiger partial charge is 0.497 e. The van der Waals surface area contributed by atoms with Crippen molar-refractivity contribution in [1.82, 2.24) is 15.1 Å². The summed E-state index contributed by atoms with van der Waals surface area (Å²) in [7, 11) is 2.79. The van der Waals surface area contributed by atoms with Gasteiger partial charge in [0.15, 0.2) is 5.96 Å². The van der Waals surface area contributed by atoms with Crippen LogP contribution in [0.25, 0.3) is 0 Å². The number of hydrogen-bond acceptors (Lipinski definition) is 7. The molecule has 40 heavy (non-hydrogen) atoms. The number of rotatable bonds is 12.